The fourth-order valence-electron chi connectivity index (χ4n) is 2.07. The van der Waals surface area contributed by atoms with Crippen molar-refractivity contribution in [3.05, 3.63) is 11.9 Å². The highest BCUT2D eigenvalue weighted by atomic mass is 16.5. The molecule has 92 valence electrons. The highest BCUT2D eigenvalue weighted by Gasteiger charge is 2.30. The summed E-state index contributed by atoms with van der Waals surface area (Å²) in [5, 5.41) is 8.68. The zero-order valence-corrected chi connectivity index (χ0v) is 9.88. The smallest absolute Gasteiger partial charge is 0.303 e. The quantitative estimate of drug-likeness (QED) is 0.831. The number of carboxylic acid groups (broad SMARTS) is 1. The molecule has 0 radical (unpaired) electrons. The van der Waals surface area contributed by atoms with Crippen LogP contribution in [0.5, 0.6) is 5.88 Å². The van der Waals surface area contributed by atoms with Crippen molar-refractivity contribution in [2.24, 2.45) is 5.92 Å². The van der Waals surface area contributed by atoms with Gasteiger partial charge in [0.1, 0.15) is 12.1 Å². The molecule has 0 aromatic carbocycles. The van der Waals surface area contributed by atoms with E-state index in [0.717, 1.165) is 24.5 Å². The molecule has 0 saturated carbocycles. The predicted octanol–water partition coefficient (Wildman–Crippen LogP) is 0.705. The normalized spacial score (nSPS) is 15.5. The monoisotopic (exact) mass is 237 g/mol. The molecule has 1 aromatic heterocycles. The second kappa shape index (κ2) is 4.57. The van der Waals surface area contributed by atoms with Crippen molar-refractivity contribution < 1.29 is 14.6 Å². The zero-order chi connectivity index (χ0) is 12.4. The van der Waals surface area contributed by atoms with Crippen LogP contribution in [-0.4, -0.2) is 41.2 Å². The molecule has 0 amide bonds. The molecule has 2 heterocycles. The lowest BCUT2D eigenvalue weighted by Gasteiger charge is -2.40. The highest BCUT2D eigenvalue weighted by molar-refractivity contribution is 5.68. The van der Waals surface area contributed by atoms with E-state index in [0.29, 0.717) is 5.88 Å². The van der Waals surface area contributed by atoms with Crippen LogP contribution < -0.4 is 9.64 Å². The minimum absolute atomic E-state index is 0.216. The molecule has 0 spiro atoms. The summed E-state index contributed by atoms with van der Waals surface area (Å²) in [7, 11) is 1.57. The standard InChI is InChI=1S/C11H15N3O3/c1-7-10(12-6-13-11(7)17-2)14-4-8(5-14)3-9(15)16/h6,8H,3-5H2,1-2H3,(H,15,16). The SMILES string of the molecule is COc1ncnc(N2CC(CC(=O)O)C2)c1C. The number of aromatic nitrogens is 2. The predicted molar refractivity (Wildman–Crippen MR) is 61.3 cm³/mol. The number of rotatable bonds is 4. The van der Waals surface area contributed by atoms with Gasteiger partial charge in [0, 0.05) is 19.0 Å². The molecule has 1 fully saturated rings. The molecule has 1 aromatic rings. The molecule has 0 atom stereocenters. The first kappa shape index (κ1) is 11.6. The number of nitrogens with zero attached hydrogens (tertiary/aromatic N) is 3. The Bertz CT molecular complexity index is 430. The number of hydrogen-bond donors (Lipinski definition) is 1. The molecule has 17 heavy (non-hydrogen) atoms. The molecular weight excluding hydrogens is 222 g/mol. The number of carbonyl (C=O) groups is 1. The van der Waals surface area contributed by atoms with E-state index < -0.39 is 5.97 Å². The Labute approximate surface area is 99.2 Å². The summed E-state index contributed by atoms with van der Waals surface area (Å²) in [4.78, 5) is 20.8. The summed E-state index contributed by atoms with van der Waals surface area (Å²) in [6.45, 7) is 3.36. The number of ether oxygens (including phenoxy) is 1. The fraction of sp³-hybridized carbons (Fsp3) is 0.545. The second-order valence-electron chi connectivity index (χ2n) is 4.20. The molecule has 0 aliphatic carbocycles. The van der Waals surface area contributed by atoms with Gasteiger partial charge >= 0.3 is 5.97 Å². The first-order valence-electron chi connectivity index (χ1n) is 5.44. The summed E-state index contributed by atoms with van der Waals surface area (Å²) in [5.74, 6) is 0.870. The third-order valence-corrected chi connectivity index (χ3v) is 2.92. The van der Waals surface area contributed by atoms with E-state index >= 15 is 0 Å². The lowest BCUT2D eigenvalue weighted by atomic mass is 9.96. The lowest BCUT2D eigenvalue weighted by Crippen LogP contribution is -2.48. The molecule has 1 saturated heterocycles. The first-order chi connectivity index (χ1) is 8.11. The average Bonchev–Trinajstić information content (AvgIpc) is 2.24. The van der Waals surface area contributed by atoms with Crippen LogP contribution in [-0.2, 0) is 4.79 Å². The summed E-state index contributed by atoms with van der Waals surface area (Å²) in [6.07, 6.45) is 1.68. The van der Waals surface area contributed by atoms with Crippen LogP contribution in [0.1, 0.15) is 12.0 Å². The van der Waals surface area contributed by atoms with Gasteiger partial charge in [-0.15, -0.1) is 0 Å². The zero-order valence-electron chi connectivity index (χ0n) is 9.88. The van der Waals surface area contributed by atoms with Gasteiger partial charge in [0.2, 0.25) is 5.88 Å². The summed E-state index contributed by atoms with van der Waals surface area (Å²) >= 11 is 0. The largest absolute Gasteiger partial charge is 0.481 e. The van der Waals surface area contributed by atoms with Gasteiger partial charge in [-0.05, 0) is 6.92 Å². The number of carboxylic acids is 1. The van der Waals surface area contributed by atoms with Crippen molar-refractivity contribution in [2.45, 2.75) is 13.3 Å². The molecule has 1 aliphatic rings. The molecule has 0 unspecified atom stereocenters. The average molecular weight is 237 g/mol. The summed E-state index contributed by atoms with van der Waals surface area (Å²) < 4.78 is 5.12. The molecule has 6 nitrogen and oxygen atoms in total. The Morgan fingerprint density at radius 2 is 2.29 bits per heavy atom. The summed E-state index contributed by atoms with van der Waals surface area (Å²) in [6, 6.07) is 0. The van der Waals surface area contributed by atoms with E-state index in [1.807, 2.05) is 11.8 Å². The molecule has 1 aliphatic heterocycles. The van der Waals surface area contributed by atoms with E-state index in [1.54, 1.807) is 7.11 Å². The van der Waals surface area contributed by atoms with Crippen LogP contribution in [0.4, 0.5) is 5.82 Å². The van der Waals surface area contributed by atoms with Gasteiger partial charge in [-0.3, -0.25) is 4.79 Å². The maximum absolute atomic E-state index is 10.5. The number of aliphatic carboxylic acids is 1. The Morgan fingerprint density at radius 1 is 1.59 bits per heavy atom. The van der Waals surface area contributed by atoms with Crippen LogP contribution in [0.2, 0.25) is 0 Å². The van der Waals surface area contributed by atoms with Crippen LogP contribution >= 0.6 is 0 Å². The van der Waals surface area contributed by atoms with Gasteiger partial charge in [-0.1, -0.05) is 0 Å². The van der Waals surface area contributed by atoms with E-state index in [2.05, 4.69) is 9.97 Å². The van der Waals surface area contributed by atoms with Crippen LogP contribution in [0, 0.1) is 12.8 Å². The third-order valence-electron chi connectivity index (χ3n) is 2.92. The maximum Gasteiger partial charge on any atom is 0.303 e. The van der Waals surface area contributed by atoms with Gasteiger partial charge in [0.15, 0.2) is 0 Å². The van der Waals surface area contributed by atoms with Gasteiger partial charge < -0.3 is 14.7 Å². The topological polar surface area (TPSA) is 75.6 Å². The minimum Gasteiger partial charge on any atom is -0.481 e. The molecule has 1 N–H and O–H groups in total. The van der Waals surface area contributed by atoms with Gasteiger partial charge in [-0.2, -0.15) is 0 Å². The van der Waals surface area contributed by atoms with Crippen molar-refractivity contribution >= 4 is 11.8 Å². The Hall–Kier alpha value is -1.85. The van der Waals surface area contributed by atoms with Crippen LogP contribution in [0.15, 0.2) is 6.33 Å². The van der Waals surface area contributed by atoms with E-state index in [1.165, 1.54) is 6.33 Å². The van der Waals surface area contributed by atoms with Gasteiger partial charge in [0.25, 0.3) is 0 Å². The fourth-order valence-corrected chi connectivity index (χ4v) is 2.07. The Morgan fingerprint density at radius 3 is 2.88 bits per heavy atom. The number of anilines is 1. The summed E-state index contributed by atoms with van der Waals surface area (Å²) in [5.41, 5.74) is 0.892. The van der Waals surface area contributed by atoms with Crippen molar-refractivity contribution in [3.8, 4) is 5.88 Å². The molecule has 0 bridgehead atoms. The van der Waals surface area contributed by atoms with E-state index in [4.69, 9.17) is 9.84 Å². The van der Waals surface area contributed by atoms with Crippen LogP contribution in [0.3, 0.4) is 0 Å². The first-order valence-corrected chi connectivity index (χ1v) is 5.44. The van der Waals surface area contributed by atoms with E-state index in [9.17, 15) is 4.79 Å². The highest BCUT2D eigenvalue weighted by Crippen LogP contribution is 2.30. The molecule has 2 rings (SSSR count). The second-order valence-corrected chi connectivity index (χ2v) is 4.20. The molecular formula is C11H15N3O3. The van der Waals surface area contributed by atoms with Crippen molar-refractivity contribution in [3.63, 3.8) is 0 Å². The van der Waals surface area contributed by atoms with Gasteiger partial charge in [-0.25, -0.2) is 9.97 Å². The van der Waals surface area contributed by atoms with E-state index in [-0.39, 0.29) is 12.3 Å². The minimum atomic E-state index is -0.744. The van der Waals surface area contributed by atoms with Gasteiger partial charge in [0.05, 0.1) is 19.1 Å². The Kier molecular flexibility index (Phi) is 3.12. The Balaban J connectivity index is 2.04. The lowest BCUT2D eigenvalue weighted by molar-refractivity contribution is -0.138. The van der Waals surface area contributed by atoms with Crippen LogP contribution in [0.25, 0.3) is 0 Å². The van der Waals surface area contributed by atoms with Crippen molar-refractivity contribution in [1.29, 1.82) is 0 Å². The number of hydrogen-bond acceptors (Lipinski definition) is 5. The number of methoxy groups -OCH3 is 1. The van der Waals surface area contributed by atoms with Crippen molar-refractivity contribution in [2.75, 3.05) is 25.1 Å². The maximum atomic E-state index is 10.5. The molecule has 6 heteroatoms. The van der Waals surface area contributed by atoms with Crippen molar-refractivity contribution in [1.82, 2.24) is 9.97 Å². The third kappa shape index (κ3) is 2.30.